The van der Waals surface area contributed by atoms with Crippen molar-refractivity contribution in [3.63, 3.8) is 0 Å². The van der Waals surface area contributed by atoms with E-state index in [0.29, 0.717) is 0 Å². The number of nitrogen functional groups attached to an aromatic ring is 4. The van der Waals surface area contributed by atoms with E-state index in [2.05, 4.69) is 97.1 Å². The van der Waals surface area contributed by atoms with Crippen LogP contribution in [0.1, 0.15) is 44.5 Å². The predicted octanol–water partition coefficient (Wildman–Crippen LogP) is 8.07. The molecule has 0 saturated heterocycles. The normalized spacial score (nSPS) is 10.5. The molecule has 0 spiro atoms. The first-order valence-electron chi connectivity index (χ1n) is 14.9. The molecule has 6 aromatic carbocycles. The number of benzene rings is 6. The molecule has 0 aliphatic carbocycles. The van der Waals surface area contributed by atoms with Crippen LogP contribution in [0.3, 0.4) is 0 Å². The molecule has 0 atom stereocenters. The molecule has 8 N–H and O–H groups in total. The molecule has 0 unspecified atom stereocenters. The number of anilines is 4. The molecule has 0 aliphatic rings. The third-order valence-corrected chi connectivity index (χ3v) is 7.57. The van der Waals surface area contributed by atoms with Crippen molar-refractivity contribution in [2.24, 2.45) is 0 Å². The first-order valence-corrected chi connectivity index (χ1v) is 14.9. The van der Waals surface area contributed by atoms with Crippen molar-refractivity contribution in [3.8, 4) is 0 Å². The van der Waals surface area contributed by atoms with Gasteiger partial charge in [-0.2, -0.15) is 0 Å². The lowest BCUT2D eigenvalue weighted by molar-refractivity contribution is 1.14. The van der Waals surface area contributed by atoms with Crippen LogP contribution in [0.4, 0.5) is 22.7 Å². The minimum absolute atomic E-state index is 0.806. The van der Waals surface area contributed by atoms with Gasteiger partial charge < -0.3 is 22.9 Å². The molecule has 44 heavy (non-hydrogen) atoms. The van der Waals surface area contributed by atoms with E-state index in [0.717, 1.165) is 48.4 Å². The third-order valence-electron chi connectivity index (χ3n) is 7.57. The third kappa shape index (κ3) is 9.27. The zero-order valence-corrected chi connectivity index (χ0v) is 25.0. The van der Waals surface area contributed by atoms with Gasteiger partial charge in [0.05, 0.1) is 0 Å². The van der Waals surface area contributed by atoms with Crippen molar-refractivity contribution < 1.29 is 0 Å². The lowest BCUT2D eigenvalue weighted by atomic mass is 9.99. The molecule has 0 amide bonds. The molecule has 0 bridgehead atoms. The lowest BCUT2D eigenvalue weighted by Gasteiger charge is -2.07. The fraction of sp³-hybridized carbons (Fsp3) is 0.100. The summed E-state index contributed by atoms with van der Waals surface area (Å²) in [5, 5.41) is 0. The monoisotopic (exact) mass is 576 g/mol. The highest BCUT2D eigenvalue weighted by Gasteiger charge is 2.02. The second kappa shape index (κ2) is 14.6. The summed E-state index contributed by atoms with van der Waals surface area (Å²) in [6.45, 7) is 0. The van der Waals surface area contributed by atoms with Crippen LogP contribution in [0.15, 0.2) is 146 Å². The van der Waals surface area contributed by atoms with Gasteiger partial charge in [0, 0.05) is 22.7 Å². The lowest BCUT2D eigenvalue weighted by Crippen LogP contribution is -1.93. The second-order valence-corrected chi connectivity index (χ2v) is 11.3. The van der Waals surface area contributed by atoms with Gasteiger partial charge in [0.15, 0.2) is 0 Å². The standard InChI is InChI=1S/2C20H20N2/c21-19-9-5-17(6-10-19)13-15-1-2-16(4-3-15)14-18-7-11-20(22)12-8-18;21-19-8-4-15(5-9-19)12-17-2-1-3-18(14-17)13-16-6-10-20(22)11-7-16/h1-12H,13-14,21-22H2;1-11,14H,12-13,21-22H2. The van der Waals surface area contributed by atoms with Crippen LogP contribution in [0, 0.1) is 0 Å². The Morgan fingerprint density at radius 2 is 0.455 bits per heavy atom. The number of hydrogen-bond acceptors (Lipinski definition) is 4. The van der Waals surface area contributed by atoms with E-state index in [1.807, 2.05) is 48.5 Å². The molecule has 220 valence electrons. The topological polar surface area (TPSA) is 104 Å². The Labute approximate surface area is 261 Å². The minimum atomic E-state index is 0.806. The van der Waals surface area contributed by atoms with Crippen molar-refractivity contribution in [1.82, 2.24) is 0 Å². The summed E-state index contributed by atoms with van der Waals surface area (Å²) < 4.78 is 0. The Balaban J connectivity index is 0.000000175. The molecule has 4 nitrogen and oxygen atoms in total. The Morgan fingerprint density at radius 3 is 0.705 bits per heavy atom. The van der Waals surface area contributed by atoms with Gasteiger partial charge in [-0.15, -0.1) is 0 Å². The van der Waals surface area contributed by atoms with E-state index in [-0.39, 0.29) is 0 Å². The zero-order chi connectivity index (χ0) is 30.7. The van der Waals surface area contributed by atoms with Crippen LogP contribution in [0.5, 0.6) is 0 Å². The summed E-state index contributed by atoms with van der Waals surface area (Å²) in [7, 11) is 0. The first kappa shape index (κ1) is 30.0. The highest BCUT2D eigenvalue weighted by atomic mass is 14.5. The number of hydrogen-bond donors (Lipinski definition) is 4. The molecule has 0 fully saturated rings. The Bertz CT molecular complexity index is 1610. The van der Waals surface area contributed by atoms with Gasteiger partial charge in [-0.05, 0) is 119 Å². The number of rotatable bonds is 8. The molecule has 0 heterocycles. The van der Waals surface area contributed by atoms with E-state index < -0.39 is 0 Å². The molecule has 0 aliphatic heterocycles. The van der Waals surface area contributed by atoms with Crippen molar-refractivity contribution in [2.75, 3.05) is 22.9 Å². The Hall–Kier alpha value is -5.48. The summed E-state index contributed by atoms with van der Waals surface area (Å²) in [6.07, 6.45) is 3.72. The van der Waals surface area contributed by atoms with Crippen LogP contribution >= 0.6 is 0 Å². The minimum Gasteiger partial charge on any atom is -0.399 e. The Morgan fingerprint density at radius 1 is 0.250 bits per heavy atom. The van der Waals surface area contributed by atoms with E-state index in [1.165, 1.54) is 44.5 Å². The quantitative estimate of drug-likeness (QED) is 0.138. The molecular weight excluding hydrogens is 536 g/mol. The van der Waals surface area contributed by atoms with Gasteiger partial charge in [0.25, 0.3) is 0 Å². The van der Waals surface area contributed by atoms with Crippen LogP contribution in [-0.2, 0) is 25.7 Å². The van der Waals surface area contributed by atoms with Crippen molar-refractivity contribution >= 4 is 22.7 Å². The summed E-state index contributed by atoms with van der Waals surface area (Å²) in [5.74, 6) is 0. The van der Waals surface area contributed by atoms with E-state index >= 15 is 0 Å². The fourth-order valence-corrected chi connectivity index (χ4v) is 5.11. The molecule has 6 aromatic rings. The van der Waals surface area contributed by atoms with Gasteiger partial charge in [-0.25, -0.2) is 0 Å². The van der Waals surface area contributed by atoms with Crippen molar-refractivity contribution in [3.05, 3.63) is 190 Å². The van der Waals surface area contributed by atoms with E-state index in [4.69, 9.17) is 22.9 Å². The molecule has 0 radical (unpaired) electrons. The molecule has 4 heteroatoms. The predicted molar refractivity (Wildman–Crippen MR) is 188 cm³/mol. The van der Waals surface area contributed by atoms with Crippen LogP contribution in [0.25, 0.3) is 0 Å². The summed E-state index contributed by atoms with van der Waals surface area (Å²) in [5.41, 5.74) is 36.5. The smallest absolute Gasteiger partial charge is 0.0314 e. The molecule has 0 aromatic heterocycles. The maximum Gasteiger partial charge on any atom is 0.0314 e. The van der Waals surface area contributed by atoms with E-state index in [1.54, 1.807) is 0 Å². The molecular formula is C40H40N4. The highest BCUT2D eigenvalue weighted by molar-refractivity contribution is 5.44. The van der Waals surface area contributed by atoms with E-state index in [9.17, 15) is 0 Å². The van der Waals surface area contributed by atoms with Gasteiger partial charge in [0.1, 0.15) is 0 Å². The Kier molecular flexibility index (Phi) is 9.96. The maximum absolute atomic E-state index is 5.73. The maximum atomic E-state index is 5.73. The summed E-state index contributed by atoms with van der Waals surface area (Å²) in [4.78, 5) is 0. The van der Waals surface area contributed by atoms with Gasteiger partial charge in [0.2, 0.25) is 0 Å². The molecule has 0 saturated carbocycles. The second-order valence-electron chi connectivity index (χ2n) is 11.3. The van der Waals surface area contributed by atoms with Gasteiger partial charge in [-0.1, -0.05) is 97.1 Å². The largest absolute Gasteiger partial charge is 0.399 e. The zero-order valence-electron chi connectivity index (χ0n) is 25.0. The SMILES string of the molecule is Nc1ccc(Cc2ccc(Cc3ccc(N)cc3)cc2)cc1.Nc1ccc(Cc2cccc(Cc3ccc(N)cc3)c2)cc1. The van der Waals surface area contributed by atoms with Crippen LogP contribution in [-0.4, -0.2) is 0 Å². The summed E-state index contributed by atoms with van der Waals surface area (Å²) in [6, 6.07) is 49.8. The van der Waals surface area contributed by atoms with Crippen molar-refractivity contribution in [2.45, 2.75) is 25.7 Å². The number of nitrogens with two attached hydrogens (primary N) is 4. The van der Waals surface area contributed by atoms with Gasteiger partial charge in [-0.3, -0.25) is 0 Å². The average Bonchev–Trinajstić information content (AvgIpc) is 3.03. The fourth-order valence-electron chi connectivity index (χ4n) is 5.11. The van der Waals surface area contributed by atoms with Crippen LogP contribution < -0.4 is 22.9 Å². The van der Waals surface area contributed by atoms with Crippen LogP contribution in [0.2, 0.25) is 0 Å². The average molecular weight is 577 g/mol. The highest BCUT2D eigenvalue weighted by Crippen LogP contribution is 2.18. The van der Waals surface area contributed by atoms with Crippen molar-refractivity contribution in [1.29, 1.82) is 0 Å². The van der Waals surface area contributed by atoms with Gasteiger partial charge >= 0.3 is 0 Å². The molecule has 6 rings (SSSR count). The summed E-state index contributed by atoms with van der Waals surface area (Å²) >= 11 is 0. The first-order chi connectivity index (χ1) is 21.4.